The van der Waals surface area contributed by atoms with E-state index in [4.69, 9.17) is 11.6 Å². The molecule has 164 valence electrons. The molecule has 4 rings (SSSR count). The third-order valence-electron chi connectivity index (χ3n) is 5.49. The zero-order valence-corrected chi connectivity index (χ0v) is 18.2. The maximum atomic E-state index is 14.0. The highest BCUT2D eigenvalue weighted by Gasteiger charge is 2.30. The molecule has 0 saturated carbocycles. The number of anilines is 1. The maximum Gasteiger partial charge on any atom is 0.257 e. The molecule has 0 N–H and O–H groups in total. The van der Waals surface area contributed by atoms with Crippen LogP contribution in [0.3, 0.4) is 0 Å². The second-order valence-electron chi connectivity index (χ2n) is 7.50. The molecular weight excluding hydrogens is 445 g/mol. The van der Waals surface area contributed by atoms with E-state index in [1.54, 1.807) is 29.2 Å². The summed E-state index contributed by atoms with van der Waals surface area (Å²) >= 11 is 5.88. The van der Waals surface area contributed by atoms with Crippen LogP contribution in [0.5, 0.6) is 0 Å². The molecule has 2 aromatic carbocycles. The van der Waals surface area contributed by atoms with Crippen molar-refractivity contribution in [1.82, 2.24) is 9.80 Å². The second kappa shape index (κ2) is 8.47. The zero-order valence-electron chi connectivity index (χ0n) is 16.6. The monoisotopic (exact) mass is 465 g/mol. The lowest BCUT2D eigenvalue weighted by Gasteiger charge is -2.35. The lowest BCUT2D eigenvalue weighted by molar-refractivity contribution is 0.0533. The number of halogens is 2. The van der Waals surface area contributed by atoms with E-state index in [0.29, 0.717) is 37.3 Å². The summed E-state index contributed by atoms with van der Waals surface area (Å²) in [5.74, 6) is -1.23. The van der Waals surface area contributed by atoms with Crippen LogP contribution in [0, 0.1) is 5.82 Å². The van der Waals surface area contributed by atoms with Gasteiger partial charge in [0.15, 0.2) is 0 Å². The van der Waals surface area contributed by atoms with Crippen LogP contribution in [0.2, 0.25) is 5.02 Å². The van der Waals surface area contributed by atoms with Gasteiger partial charge in [-0.2, -0.15) is 0 Å². The van der Waals surface area contributed by atoms with Crippen LogP contribution in [-0.2, 0) is 10.0 Å². The largest absolute Gasteiger partial charge is 0.335 e. The average molecular weight is 466 g/mol. The van der Waals surface area contributed by atoms with Crippen LogP contribution in [-0.4, -0.2) is 68.5 Å². The molecule has 0 unspecified atom stereocenters. The minimum absolute atomic E-state index is 0.0909. The smallest absolute Gasteiger partial charge is 0.257 e. The number of carbonyl (C=O) groups is 2. The molecule has 2 aliphatic heterocycles. The Morgan fingerprint density at radius 3 is 2.23 bits per heavy atom. The van der Waals surface area contributed by atoms with E-state index >= 15 is 0 Å². The molecule has 0 spiro atoms. The van der Waals surface area contributed by atoms with E-state index in [9.17, 15) is 22.4 Å². The highest BCUT2D eigenvalue weighted by molar-refractivity contribution is 7.93. The fraction of sp³-hybridized carbons (Fsp3) is 0.333. The molecule has 10 heteroatoms. The first kappa shape index (κ1) is 21.6. The van der Waals surface area contributed by atoms with Gasteiger partial charge in [-0.3, -0.25) is 13.9 Å². The van der Waals surface area contributed by atoms with E-state index in [0.717, 1.165) is 6.07 Å². The van der Waals surface area contributed by atoms with Crippen molar-refractivity contribution in [2.24, 2.45) is 0 Å². The molecule has 0 bridgehead atoms. The standard InChI is InChI=1S/C21H21ClFN3O4S/c22-16-5-6-19(23)18(14-16)21(28)25-10-8-24(9-11-25)20(27)15-3-1-4-17(13-15)26-7-2-12-31(26,29)30/h1,3-6,13-14H,2,7-12H2. The predicted octanol–water partition coefficient (Wildman–Crippen LogP) is 2.62. The molecule has 2 amide bonds. The van der Waals surface area contributed by atoms with Gasteiger partial charge in [-0.05, 0) is 42.8 Å². The summed E-state index contributed by atoms with van der Waals surface area (Å²) in [5, 5.41) is 0.276. The number of rotatable bonds is 3. The summed E-state index contributed by atoms with van der Waals surface area (Å²) in [5.41, 5.74) is 0.778. The van der Waals surface area contributed by atoms with E-state index in [2.05, 4.69) is 0 Å². The summed E-state index contributed by atoms with van der Waals surface area (Å²) < 4.78 is 39.7. The molecule has 31 heavy (non-hydrogen) atoms. The Balaban J connectivity index is 1.43. The van der Waals surface area contributed by atoms with Gasteiger partial charge in [-0.1, -0.05) is 17.7 Å². The van der Waals surface area contributed by atoms with Crippen molar-refractivity contribution in [3.63, 3.8) is 0 Å². The average Bonchev–Trinajstić information content (AvgIpc) is 3.13. The van der Waals surface area contributed by atoms with Crippen LogP contribution in [0.4, 0.5) is 10.1 Å². The number of sulfonamides is 1. The Labute approximate surface area is 185 Å². The molecule has 0 atom stereocenters. The van der Waals surface area contributed by atoms with Crippen LogP contribution in [0.15, 0.2) is 42.5 Å². The Morgan fingerprint density at radius 1 is 0.903 bits per heavy atom. The van der Waals surface area contributed by atoms with Crippen molar-refractivity contribution in [3.8, 4) is 0 Å². The Kier molecular flexibility index (Phi) is 5.90. The molecule has 2 aliphatic rings. The molecule has 7 nitrogen and oxygen atoms in total. The molecule has 2 saturated heterocycles. The number of piperazine rings is 1. The van der Waals surface area contributed by atoms with Gasteiger partial charge in [-0.25, -0.2) is 12.8 Å². The summed E-state index contributed by atoms with van der Waals surface area (Å²) in [7, 11) is -3.33. The third kappa shape index (κ3) is 4.38. The minimum atomic E-state index is -3.33. The minimum Gasteiger partial charge on any atom is -0.335 e. The van der Waals surface area contributed by atoms with Crippen LogP contribution in [0.25, 0.3) is 0 Å². The number of hydrogen-bond acceptors (Lipinski definition) is 4. The van der Waals surface area contributed by atoms with Gasteiger partial charge in [-0.15, -0.1) is 0 Å². The first-order valence-electron chi connectivity index (χ1n) is 9.90. The second-order valence-corrected chi connectivity index (χ2v) is 9.95. The third-order valence-corrected chi connectivity index (χ3v) is 7.60. The first-order valence-corrected chi connectivity index (χ1v) is 11.9. The molecule has 2 fully saturated rings. The van der Waals surface area contributed by atoms with Gasteiger partial charge in [0, 0.05) is 43.3 Å². The topological polar surface area (TPSA) is 78.0 Å². The van der Waals surface area contributed by atoms with Gasteiger partial charge in [0.05, 0.1) is 17.0 Å². The first-order chi connectivity index (χ1) is 14.8. The fourth-order valence-corrected chi connectivity index (χ4v) is 5.58. The van der Waals surface area contributed by atoms with Crippen LogP contribution in [0.1, 0.15) is 27.1 Å². The van der Waals surface area contributed by atoms with Crippen molar-refractivity contribution in [3.05, 3.63) is 64.4 Å². The van der Waals surface area contributed by atoms with Crippen LogP contribution < -0.4 is 4.31 Å². The molecule has 0 radical (unpaired) electrons. The van der Waals surface area contributed by atoms with E-state index in [-0.39, 0.29) is 35.3 Å². The number of amides is 2. The van der Waals surface area contributed by atoms with Crippen molar-refractivity contribution in [2.45, 2.75) is 6.42 Å². The zero-order chi connectivity index (χ0) is 22.2. The Morgan fingerprint density at radius 2 is 1.58 bits per heavy atom. The molecular formula is C21H21ClFN3O4S. The van der Waals surface area contributed by atoms with Gasteiger partial charge in [0.1, 0.15) is 5.82 Å². The maximum absolute atomic E-state index is 14.0. The lowest BCUT2D eigenvalue weighted by Crippen LogP contribution is -2.50. The highest BCUT2D eigenvalue weighted by Crippen LogP contribution is 2.25. The van der Waals surface area contributed by atoms with E-state index < -0.39 is 21.7 Å². The SMILES string of the molecule is O=C(c1cccc(N2CCCS2(=O)=O)c1)N1CCN(C(=O)c2cc(Cl)ccc2F)CC1. The molecule has 0 aromatic heterocycles. The fourth-order valence-electron chi connectivity index (χ4n) is 3.85. The Hall–Kier alpha value is -2.65. The van der Waals surface area contributed by atoms with Crippen molar-refractivity contribution in [1.29, 1.82) is 0 Å². The summed E-state index contributed by atoms with van der Waals surface area (Å²) in [6.45, 7) is 1.51. The Bertz CT molecular complexity index is 1130. The van der Waals surface area contributed by atoms with Gasteiger partial charge >= 0.3 is 0 Å². The van der Waals surface area contributed by atoms with Gasteiger partial charge < -0.3 is 9.80 Å². The number of benzene rings is 2. The van der Waals surface area contributed by atoms with Crippen molar-refractivity contribution >= 4 is 39.1 Å². The lowest BCUT2D eigenvalue weighted by atomic mass is 10.1. The molecule has 2 aromatic rings. The number of hydrogen-bond donors (Lipinski definition) is 0. The highest BCUT2D eigenvalue weighted by atomic mass is 35.5. The number of nitrogens with zero attached hydrogens (tertiary/aromatic N) is 3. The quantitative estimate of drug-likeness (QED) is 0.698. The van der Waals surface area contributed by atoms with Gasteiger partial charge in [0.2, 0.25) is 10.0 Å². The van der Waals surface area contributed by atoms with Crippen molar-refractivity contribution < 1.29 is 22.4 Å². The normalized spacial score (nSPS) is 18.3. The summed E-state index contributed by atoms with van der Waals surface area (Å²) in [6, 6.07) is 10.4. The predicted molar refractivity (Wildman–Crippen MR) is 115 cm³/mol. The van der Waals surface area contributed by atoms with Crippen LogP contribution >= 0.6 is 11.6 Å². The summed E-state index contributed by atoms with van der Waals surface area (Å²) in [4.78, 5) is 28.7. The molecule has 0 aliphatic carbocycles. The number of carbonyl (C=O) groups excluding carboxylic acids is 2. The van der Waals surface area contributed by atoms with E-state index in [1.807, 2.05) is 0 Å². The molecule has 2 heterocycles. The van der Waals surface area contributed by atoms with Crippen molar-refractivity contribution in [2.75, 3.05) is 42.8 Å². The van der Waals surface area contributed by atoms with Gasteiger partial charge in [0.25, 0.3) is 11.8 Å². The summed E-state index contributed by atoms with van der Waals surface area (Å²) in [6.07, 6.45) is 0.559. The van der Waals surface area contributed by atoms with E-state index in [1.165, 1.54) is 21.3 Å².